The van der Waals surface area contributed by atoms with Crippen LogP contribution in [0.1, 0.15) is 44.6 Å². The number of amides is 1. The lowest BCUT2D eigenvalue weighted by Crippen LogP contribution is -2.21. The van der Waals surface area contributed by atoms with E-state index in [1.807, 2.05) is 12.1 Å². The average Bonchev–Trinajstić information content (AvgIpc) is 2.45. The zero-order valence-corrected chi connectivity index (χ0v) is 14.7. The molecule has 6 heteroatoms. The van der Waals surface area contributed by atoms with Crippen molar-refractivity contribution in [2.24, 2.45) is 11.8 Å². The fourth-order valence-electron chi connectivity index (χ4n) is 3.14. The van der Waals surface area contributed by atoms with Crippen molar-refractivity contribution in [3.63, 3.8) is 0 Å². The van der Waals surface area contributed by atoms with E-state index in [-0.39, 0.29) is 12.5 Å². The third kappa shape index (κ3) is 6.71. The molecule has 0 radical (unpaired) electrons. The van der Waals surface area contributed by atoms with Gasteiger partial charge in [0.2, 0.25) is 15.9 Å². The molecule has 0 saturated heterocycles. The first-order chi connectivity index (χ1) is 10.8. The maximum atomic E-state index is 12.1. The summed E-state index contributed by atoms with van der Waals surface area (Å²) in [5.41, 5.74) is 1.61. The molecule has 1 amide bonds. The summed E-state index contributed by atoms with van der Waals surface area (Å²) < 4.78 is 24.6. The first-order valence-corrected chi connectivity index (χ1v) is 10.0. The molecular formula is C17H26N2O3S. The number of benzene rings is 1. The second-order valence-corrected chi connectivity index (χ2v) is 8.51. The van der Waals surface area contributed by atoms with Crippen molar-refractivity contribution < 1.29 is 13.2 Å². The molecule has 128 valence electrons. The topological polar surface area (TPSA) is 75.3 Å². The summed E-state index contributed by atoms with van der Waals surface area (Å²) in [4.78, 5) is 12.1. The number of rotatable bonds is 6. The van der Waals surface area contributed by atoms with Gasteiger partial charge in [-0.3, -0.25) is 4.79 Å². The van der Waals surface area contributed by atoms with Crippen molar-refractivity contribution in [3.8, 4) is 0 Å². The lowest BCUT2D eigenvalue weighted by molar-refractivity contribution is -0.117. The Balaban J connectivity index is 1.81. The summed E-state index contributed by atoms with van der Waals surface area (Å²) >= 11 is 0. The van der Waals surface area contributed by atoms with E-state index in [0.717, 1.165) is 36.3 Å². The molecule has 0 unspecified atom stereocenters. The highest BCUT2D eigenvalue weighted by Gasteiger charge is 2.21. The van der Waals surface area contributed by atoms with E-state index in [4.69, 9.17) is 0 Å². The van der Waals surface area contributed by atoms with Gasteiger partial charge in [-0.1, -0.05) is 31.9 Å². The van der Waals surface area contributed by atoms with E-state index < -0.39 is 10.0 Å². The summed E-state index contributed by atoms with van der Waals surface area (Å²) in [5, 5.41) is 2.93. The number of anilines is 1. The zero-order valence-electron chi connectivity index (χ0n) is 13.8. The first kappa shape index (κ1) is 17.9. The first-order valence-electron chi connectivity index (χ1n) is 8.15. The Morgan fingerprint density at radius 3 is 2.52 bits per heavy atom. The molecule has 0 aromatic heterocycles. The molecule has 5 nitrogen and oxygen atoms in total. The Bertz CT molecular complexity index is 626. The highest BCUT2D eigenvalue weighted by molar-refractivity contribution is 7.88. The molecule has 1 fully saturated rings. The predicted octanol–water partition coefficient (Wildman–Crippen LogP) is 2.89. The van der Waals surface area contributed by atoms with E-state index in [9.17, 15) is 13.2 Å². The van der Waals surface area contributed by atoms with Crippen LogP contribution in [0.2, 0.25) is 0 Å². The standard InChI is InChI=1S/C17H26N2O3S/c1-13-4-3-5-15(10-13)11-17(20)19-16-8-6-14(7-9-16)12-18-23(2,21)22/h6-9,13,15,18H,3-5,10-12H2,1-2H3,(H,19,20)/t13-,15+/m0/s1. The number of sulfonamides is 1. The van der Waals surface area contributed by atoms with Crippen LogP contribution < -0.4 is 10.0 Å². The molecule has 1 aromatic rings. The molecule has 2 atom stereocenters. The molecule has 1 saturated carbocycles. The van der Waals surface area contributed by atoms with Crippen molar-refractivity contribution in [1.82, 2.24) is 4.72 Å². The van der Waals surface area contributed by atoms with Crippen LogP contribution in [0.25, 0.3) is 0 Å². The summed E-state index contributed by atoms with van der Waals surface area (Å²) in [6, 6.07) is 7.24. The second kappa shape index (κ2) is 7.93. The molecule has 0 heterocycles. The molecule has 0 aliphatic heterocycles. The van der Waals surface area contributed by atoms with Crippen LogP contribution in [0.15, 0.2) is 24.3 Å². The number of hydrogen-bond acceptors (Lipinski definition) is 3. The highest BCUT2D eigenvalue weighted by atomic mass is 32.2. The smallest absolute Gasteiger partial charge is 0.224 e. The van der Waals surface area contributed by atoms with Gasteiger partial charge in [-0.25, -0.2) is 13.1 Å². The van der Waals surface area contributed by atoms with E-state index in [1.54, 1.807) is 12.1 Å². The molecular weight excluding hydrogens is 312 g/mol. The quantitative estimate of drug-likeness (QED) is 0.837. The third-order valence-electron chi connectivity index (χ3n) is 4.30. The number of hydrogen-bond donors (Lipinski definition) is 2. The maximum absolute atomic E-state index is 12.1. The zero-order chi connectivity index (χ0) is 16.9. The van der Waals surface area contributed by atoms with E-state index in [1.165, 1.54) is 12.8 Å². The van der Waals surface area contributed by atoms with Crippen LogP contribution in [-0.4, -0.2) is 20.6 Å². The number of nitrogens with one attached hydrogen (secondary N) is 2. The molecule has 1 aliphatic carbocycles. The molecule has 2 N–H and O–H groups in total. The molecule has 0 spiro atoms. The van der Waals surface area contributed by atoms with Crippen molar-refractivity contribution >= 4 is 21.6 Å². The van der Waals surface area contributed by atoms with Crippen LogP contribution >= 0.6 is 0 Å². The molecule has 23 heavy (non-hydrogen) atoms. The van der Waals surface area contributed by atoms with E-state index in [0.29, 0.717) is 12.3 Å². The largest absolute Gasteiger partial charge is 0.326 e. The Kier molecular flexibility index (Phi) is 6.18. The van der Waals surface area contributed by atoms with Gasteiger partial charge in [0, 0.05) is 18.7 Å². The average molecular weight is 338 g/mol. The predicted molar refractivity (Wildman–Crippen MR) is 92.5 cm³/mol. The van der Waals surface area contributed by atoms with Gasteiger partial charge in [0.15, 0.2) is 0 Å². The summed E-state index contributed by atoms with van der Waals surface area (Å²) in [7, 11) is -3.19. The Labute approximate surface area is 138 Å². The van der Waals surface area contributed by atoms with Crippen LogP contribution in [0.5, 0.6) is 0 Å². The Morgan fingerprint density at radius 1 is 1.22 bits per heavy atom. The molecule has 1 aliphatic rings. The van der Waals surface area contributed by atoms with Gasteiger partial charge < -0.3 is 5.32 Å². The van der Waals surface area contributed by atoms with Gasteiger partial charge in [0.25, 0.3) is 0 Å². The lowest BCUT2D eigenvalue weighted by Gasteiger charge is -2.26. The van der Waals surface area contributed by atoms with Crippen LogP contribution in [0, 0.1) is 11.8 Å². The van der Waals surface area contributed by atoms with Crippen LogP contribution in [0.3, 0.4) is 0 Å². The van der Waals surface area contributed by atoms with Crippen molar-refractivity contribution in [2.45, 2.75) is 45.6 Å². The normalized spacial score (nSPS) is 21.8. The fraction of sp³-hybridized carbons (Fsp3) is 0.588. The Hall–Kier alpha value is -1.40. The molecule has 1 aromatic carbocycles. The highest BCUT2D eigenvalue weighted by Crippen LogP contribution is 2.30. The maximum Gasteiger partial charge on any atom is 0.224 e. The van der Waals surface area contributed by atoms with Gasteiger partial charge >= 0.3 is 0 Å². The third-order valence-corrected chi connectivity index (χ3v) is 4.96. The van der Waals surface area contributed by atoms with Crippen molar-refractivity contribution in [2.75, 3.05) is 11.6 Å². The monoisotopic (exact) mass is 338 g/mol. The van der Waals surface area contributed by atoms with Gasteiger partial charge in [-0.05, 0) is 42.4 Å². The van der Waals surface area contributed by atoms with Gasteiger partial charge in [0.05, 0.1) is 6.26 Å². The van der Waals surface area contributed by atoms with E-state index >= 15 is 0 Å². The van der Waals surface area contributed by atoms with Gasteiger partial charge in [0.1, 0.15) is 0 Å². The van der Waals surface area contributed by atoms with Gasteiger partial charge in [-0.15, -0.1) is 0 Å². The van der Waals surface area contributed by atoms with Gasteiger partial charge in [-0.2, -0.15) is 0 Å². The summed E-state index contributed by atoms with van der Waals surface area (Å²) in [5.74, 6) is 1.28. The summed E-state index contributed by atoms with van der Waals surface area (Å²) in [6.45, 7) is 2.51. The Morgan fingerprint density at radius 2 is 1.91 bits per heavy atom. The fourth-order valence-corrected chi connectivity index (χ4v) is 3.57. The van der Waals surface area contributed by atoms with Crippen LogP contribution in [-0.2, 0) is 21.4 Å². The van der Waals surface area contributed by atoms with E-state index in [2.05, 4.69) is 17.0 Å². The van der Waals surface area contributed by atoms with Crippen molar-refractivity contribution in [3.05, 3.63) is 29.8 Å². The minimum atomic E-state index is -3.19. The number of carbonyl (C=O) groups excluding carboxylic acids is 1. The summed E-state index contributed by atoms with van der Waals surface area (Å²) in [6.07, 6.45) is 6.51. The number of carbonyl (C=O) groups is 1. The molecule has 0 bridgehead atoms. The minimum absolute atomic E-state index is 0.0612. The van der Waals surface area contributed by atoms with Crippen molar-refractivity contribution in [1.29, 1.82) is 0 Å². The van der Waals surface area contributed by atoms with Crippen LogP contribution in [0.4, 0.5) is 5.69 Å². The molecule has 2 rings (SSSR count). The minimum Gasteiger partial charge on any atom is -0.326 e. The second-order valence-electron chi connectivity index (χ2n) is 6.68. The lowest BCUT2D eigenvalue weighted by atomic mass is 9.81. The SMILES string of the molecule is C[C@H]1CCC[C@@H](CC(=O)Nc2ccc(CNS(C)(=O)=O)cc2)C1.